The Labute approximate surface area is 106 Å². The molecule has 0 unspecified atom stereocenters. The van der Waals surface area contributed by atoms with Crippen molar-refractivity contribution in [3.8, 4) is 0 Å². The Morgan fingerprint density at radius 3 is 1.29 bits per heavy atom. The number of rotatable bonds is 12. The average molecular weight is 246 g/mol. The van der Waals surface area contributed by atoms with Crippen LogP contribution >= 0.6 is 0 Å². The van der Waals surface area contributed by atoms with E-state index in [1.165, 1.54) is 12.8 Å². The van der Waals surface area contributed by atoms with Gasteiger partial charge in [-0.25, -0.2) is 0 Å². The molecule has 17 heavy (non-hydrogen) atoms. The van der Waals surface area contributed by atoms with Gasteiger partial charge in [0.1, 0.15) is 0 Å². The van der Waals surface area contributed by atoms with E-state index in [4.69, 9.17) is 15.3 Å². The summed E-state index contributed by atoms with van der Waals surface area (Å²) >= 11 is 0. The number of hydrogen-bond acceptors (Lipinski definition) is 3. The van der Waals surface area contributed by atoms with Gasteiger partial charge >= 0.3 is 0 Å². The first-order valence-corrected chi connectivity index (χ1v) is 7.07. The maximum Gasteiger partial charge on any atom is 0.0431 e. The fourth-order valence-electron chi connectivity index (χ4n) is 2.66. The molecule has 3 N–H and O–H groups in total. The van der Waals surface area contributed by atoms with Crippen molar-refractivity contribution < 1.29 is 15.3 Å². The molecular formula is C14H30O3. The molecule has 0 aromatic heterocycles. The van der Waals surface area contributed by atoms with Crippen molar-refractivity contribution in [2.45, 2.75) is 64.7 Å². The minimum Gasteiger partial charge on any atom is -0.396 e. The normalized spacial score (nSPS) is 12.0. The van der Waals surface area contributed by atoms with Crippen LogP contribution in [0.2, 0.25) is 0 Å². The number of aliphatic hydroxyl groups excluding tert-OH is 3. The summed E-state index contributed by atoms with van der Waals surface area (Å²) < 4.78 is 0. The number of unbranched alkanes of at least 4 members (excludes halogenated alkanes) is 1. The van der Waals surface area contributed by atoms with Crippen LogP contribution in [0.15, 0.2) is 0 Å². The number of hydrogen-bond donors (Lipinski definition) is 3. The third-order valence-corrected chi connectivity index (χ3v) is 3.66. The molecular weight excluding hydrogens is 216 g/mol. The highest BCUT2D eigenvalue weighted by Gasteiger charge is 2.27. The maximum atomic E-state index is 9.01. The van der Waals surface area contributed by atoms with Crippen molar-refractivity contribution in [2.24, 2.45) is 5.41 Å². The summed E-state index contributed by atoms with van der Waals surface area (Å²) in [6, 6.07) is 0. The third kappa shape index (κ3) is 7.74. The van der Waals surface area contributed by atoms with Crippen LogP contribution in [0.5, 0.6) is 0 Å². The van der Waals surface area contributed by atoms with E-state index >= 15 is 0 Å². The van der Waals surface area contributed by atoms with Crippen LogP contribution in [-0.2, 0) is 0 Å². The van der Waals surface area contributed by atoms with Crippen molar-refractivity contribution >= 4 is 0 Å². The van der Waals surface area contributed by atoms with E-state index < -0.39 is 0 Å². The Hall–Kier alpha value is -0.120. The Bertz CT molecular complexity index is 122. The highest BCUT2D eigenvalue weighted by molar-refractivity contribution is 4.79. The minimum absolute atomic E-state index is 0.226. The number of aliphatic hydroxyl groups is 3. The third-order valence-electron chi connectivity index (χ3n) is 3.66. The molecule has 0 saturated carbocycles. The summed E-state index contributed by atoms with van der Waals surface area (Å²) in [4.78, 5) is 0. The van der Waals surface area contributed by atoms with E-state index in [0.29, 0.717) is 0 Å². The van der Waals surface area contributed by atoms with E-state index in [2.05, 4.69) is 6.92 Å². The highest BCUT2D eigenvalue weighted by atomic mass is 16.3. The van der Waals surface area contributed by atoms with E-state index in [9.17, 15) is 0 Å². The fourth-order valence-corrected chi connectivity index (χ4v) is 2.66. The van der Waals surface area contributed by atoms with Gasteiger partial charge in [0.05, 0.1) is 0 Å². The molecule has 0 spiro atoms. The molecule has 0 aliphatic carbocycles. The van der Waals surface area contributed by atoms with E-state index in [1.54, 1.807) is 0 Å². The second-order valence-electron chi connectivity index (χ2n) is 5.09. The average Bonchev–Trinajstić information content (AvgIpc) is 2.37. The lowest BCUT2D eigenvalue weighted by molar-refractivity contribution is 0.134. The largest absolute Gasteiger partial charge is 0.396 e. The molecule has 0 heterocycles. The molecule has 0 aliphatic heterocycles. The second kappa shape index (κ2) is 11.0. The van der Waals surface area contributed by atoms with Gasteiger partial charge in [-0.1, -0.05) is 19.8 Å². The van der Waals surface area contributed by atoms with Gasteiger partial charge in [-0.2, -0.15) is 0 Å². The predicted octanol–water partition coefficient (Wildman–Crippen LogP) is 2.48. The van der Waals surface area contributed by atoms with Crippen LogP contribution in [0, 0.1) is 5.41 Å². The molecule has 0 saturated heterocycles. The summed E-state index contributed by atoms with van der Waals surface area (Å²) in [7, 11) is 0. The van der Waals surface area contributed by atoms with Crippen molar-refractivity contribution in [2.75, 3.05) is 19.8 Å². The van der Waals surface area contributed by atoms with Crippen molar-refractivity contribution in [1.82, 2.24) is 0 Å². The molecule has 0 amide bonds. The van der Waals surface area contributed by atoms with Crippen LogP contribution in [0.25, 0.3) is 0 Å². The Balaban J connectivity index is 4.39. The minimum atomic E-state index is 0.226. The molecule has 0 fully saturated rings. The molecule has 3 heteroatoms. The molecule has 0 aromatic rings. The zero-order valence-electron chi connectivity index (χ0n) is 11.3. The molecule has 0 bridgehead atoms. The summed E-state index contributed by atoms with van der Waals surface area (Å²) in [6.07, 6.45) is 9.09. The molecule has 0 aromatic carbocycles. The van der Waals surface area contributed by atoms with Crippen LogP contribution < -0.4 is 0 Å². The van der Waals surface area contributed by atoms with Crippen molar-refractivity contribution in [1.29, 1.82) is 0 Å². The van der Waals surface area contributed by atoms with Crippen molar-refractivity contribution in [3.63, 3.8) is 0 Å². The zero-order valence-corrected chi connectivity index (χ0v) is 11.3. The standard InChI is InChI=1S/C14H30O3/c1-2-3-7-14(8-4-11-15,9-5-12-16)10-6-13-17/h15-17H,2-13H2,1H3. The topological polar surface area (TPSA) is 60.7 Å². The first kappa shape index (κ1) is 16.9. The molecule has 0 aliphatic rings. The van der Waals surface area contributed by atoms with E-state index in [1.807, 2.05) is 0 Å². The lowest BCUT2D eigenvalue weighted by Crippen LogP contribution is -2.23. The summed E-state index contributed by atoms with van der Waals surface area (Å²) in [6.45, 7) is 2.92. The van der Waals surface area contributed by atoms with Gasteiger partial charge in [-0.05, 0) is 50.4 Å². The van der Waals surface area contributed by atoms with Gasteiger partial charge in [0.15, 0.2) is 0 Å². The van der Waals surface area contributed by atoms with Gasteiger partial charge in [0.25, 0.3) is 0 Å². The van der Waals surface area contributed by atoms with Crippen LogP contribution in [0.1, 0.15) is 64.7 Å². The predicted molar refractivity (Wildman–Crippen MR) is 70.9 cm³/mol. The van der Waals surface area contributed by atoms with Gasteiger partial charge in [-0.3, -0.25) is 0 Å². The summed E-state index contributed by atoms with van der Waals surface area (Å²) in [5, 5.41) is 27.0. The first-order chi connectivity index (χ1) is 8.24. The smallest absolute Gasteiger partial charge is 0.0431 e. The maximum absolute atomic E-state index is 9.01. The molecule has 104 valence electrons. The Morgan fingerprint density at radius 1 is 0.647 bits per heavy atom. The van der Waals surface area contributed by atoms with Crippen LogP contribution in [-0.4, -0.2) is 35.1 Å². The lowest BCUT2D eigenvalue weighted by atomic mass is 9.72. The zero-order chi connectivity index (χ0) is 13.0. The lowest BCUT2D eigenvalue weighted by Gasteiger charge is -2.34. The summed E-state index contributed by atoms with van der Waals surface area (Å²) in [5.41, 5.74) is 0.226. The van der Waals surface area contributed by atoms with Crippen LogP contribution in [0.4, 0.5) is 0 Å². The molecule has 0 rings (SSSR count). The van der Waals surface area contributed by atoms with Gasteiger partial charge < -0.3 is 15.3 Å². The quantitative estimate of drug-likeness (QED) is 0.496. The fraction of sp³-hybridized carbons (Fsp3) is 1.00. The van der Waals surface area contributed by atoms with Gasteiger partial charge in [0, 0.05) is 19.8 Å². The van der Waals surface area contributed by atoms with Gasteiger partial charge in [0.2, 0.25) is 0 Å². The monoisotopic (exact) mass is 246 g/mol. The molecule has 0 atom stereocenters. The van der Waals surface area contributed by atoms with E-state index in [0.717, 1.165) is 44.9 Å². The molecule has 0 radical (unpaired) electrons. The van der Waals surface area contributed by atoms with Crippen LogP contribution in [0.3, 0.4) is 0 Å². The van der Waals surface area contributed by atoms with E-state index in [-0.39, 0.29) is 25.2 Å². The van der Waals surface area contributed by atoms with Crippen molar-refractivity contribution in [3.05, 3.63) is 0 Å². The first-order valence-electron chi connectivity index (χ1n) is 7.07. The Kier molecular flexibility index (Phi) is 10.9. The SMILES string of the molecule is CCCCC(CCCO)(CCCO)CCCO. The highest BCUT2D eigenvalue weighted by Crippen LogP contribution is 2.39. The summed E-state index contributed by atoms with van der Waals surface area (Å²) in [5.74, 6) is 0. The second-order valence-corrected chi connectivity index (χ2v) is 5.09. The van der Waals surface area contributed by atoms with Gasteiger partial charge in [-0.15, -0.1) is 0 Å². The Morgan fingerprint density at radius 2 is 1.00 bits per heavy atom. The molecule has 3 nitrogen and oxygen atoms in total.